The van der Waals surface area contributed by atoms with Crippen molar-refractivity contribution in [3.63, 3.8) is 0 Å². The second-order valence-electron chi connectivity index (χ2n) is 7.32. The van der Waals surface area contributed by atoms with Crippen molar-refractivity contribution in [2.75, 3.05) is 33.7 Å². The molecule has 1 unspecified atom stereocenters. The Morgan fingerprint density at radius 1 is 1.29 bits per heavy atom. The van der Waals surface area contributed by atoms with Crippen LogP contribution in [-0.4, -0.2) is 59.4 Å². The number of nitrogens with zero attached hydrogens (tertiary/aromatic N) is 4. The van der Waals surface area contributed by atoms with Crippen molar-refractivity contribution in [1.29, 1.82) is 0 Å². The third-order valence-corrected chi connectivity index (χ3v) is 4.78. The quantitative estimate of drug-likeness (QED) is 0.800. The van der Waals surface area contributed by atoms with E-state index in [1.807, 2.05) is 23.9 Å². The van der Waals surface area contributed by atoms with Crippen molar-refractivity contribution in [2.45, 2.75) is 24.9 Å². The molecule has 2 heterocycles. The van der Waals surface area contributed by atoms with Gasteiger partial charge >= 0.3 is 6.18 Å². The molecule has 0 spiro atoms. The second-order valence-corrected chi connectivity index (χ2v) is 7.32. The molecule has 1 saturated heterocycles. The fourth-order valence-corrected chi connectivity index (χ4v) is 3.39. The maximum absolute atomic E-state index is 13.0. The Balaban J connectivity index is 1.81. The predicted molar refractivity (Wildman–Crippen MR) is 99.6 cm³/mol. The van der Waals surface area contributed by atoms with E-state index in [1.165, 1.54) is 12.3 Å². The lowest BCUT2D eigenvalue weighted by atomic mass is 9.94. The first-order valence-corrected chi connectivity index (χ1v) is 9.16. The zero-order chi connectivity index (χ0) is 20.3. The molecule has 1 aromatic heterocycles. The summed E-state index contributed by atoms with van der Waals surface area (Å²) >= 11 is 0. The Kier molecular flexibility index (Phi) is 5.98. The number of alkyl halides is 3. The minimum Gasteiger partial charge on any atom is -0.341 e. The number of likely N-dealkylation sites (N-methyl/N-ethyl adjacent to an activating group) is 1. The molecule has 0 radical (unpaired) electrons. The summed E-state index contributed by atoms with van der Waals surface area (Å²) in [6.45, 7) is 1.61. The van der Waals surface area contributed by atoms with Gasteiger partial charge in [0.1, 0.15) is 0 Å². The van der Waals surface area contributed by atoms with Gasteiger partial charge in [0.05, 0.1) is 29.7 Å². The van der Waals surface area contributed by atoms with E-state index in [0.717, 1.165) is 25.0 Å². The number of rotatable bonds is 4. The lowest BCUT2D eigenvalue weighted by Crippen LogP contribution is -2.43. The first-order chi connectivity index (χ1) is 13.2. The third-order valence-electron chi connectivity index (χ3n) is 4.78. The topological polar surface area (TPSA) is 49.3 Å². The van der Waals surface area contributed by atoms with Crippen molar-refractivity contribution in [1.82, 2.24) is 19.8 Å². The molecule has 1 amide bonds. The van der Waals surface area contributed by atoms with E-state index >= 15 is 0 Å². The lowest BCUT2D eigenvalue weighted by molar-refractivity contribution is -0.137. The molecule has 0 bridgehead atoms. The van der Waals surface area contributed by atoms with E-state index in [2.05, 4.69) is 9.97 Å². The fourth-order valence-electron chi connectivity index (χ4n) is 3.39. The molecule has 0 aliphatic carbocycles. The maximum Gasteiger partial charge on any atom is 0.416 e. The Morgan fingerprint density at radius 2 is 2.07 bits per heavy atom. The summed E-state index contributed by atoms with van der Waals surface area (Å²) in [7, 11) is 3.70. The van der Waals surface area contributed by atoms with Gasteiger partial charge in [-0.15, -0.1) is 0 Å². The summed E-state index contributed by atoms with van der Waals surface area (Å²) < 4.78 is 39.0. The Labute approximate surface area is 162 Å². The molecule has 0 saturated carbocycles. The molecule has 8 heteroatoms. The molecule has 0 N–H and O–H groups in total. The van der Waals surface area contributed by atoms with Crippen LogP contribution < -0.4 is 0 Å². The van der Waals surface area contributed by atoms with Gasteiger partial charge in [-0.3, -0.25) is 9.78 Å². The van der Waals surface area contributed by atoms with E-state index in [9.17, 15) is 18.0 Å². The summed E-state index contributed by atoms with van der Waals surface area (Å²) in [5.41, 5.74) is 0.772. The van der Waals surface area contributed by atoms with E-state index < -0.39 is 11.7 Å². The van der Waals surface area contributed by atoms with Gasteiger partial charge in [-0.1, -0.05) is 12.1 Å². The smallest absolute Gasteiger partial charge is 0.341 e. The third kappa shape index (κ3) is 4.86. The molecule has 3 rings (SSSR count). The minimum absolute atomic E-state index is 0.0260. The number of amides is 1. The van der Waals surface area contributed by atoms with E-state index in [0.29, 0.717) is 36.6 Å². The molecular formula is C20H23F3N4O. The average Bonchev–Trinajstić information content (AvgIpc) is 2.67. The second kappa shape index (κ2) is 8.26. The number of benzene rings is 1. The van der Waals surface area contributed by atoms with Crippen LogP contribution in [-0.2, 0) is 11.0 Å². The van der Waals surface area contributed by atoms with Gasteiger partial charge in [-0.2, -0.15) is 13.2 Å². The highest BCUT2D eigenvalue weighted by Crippen LogP contribution is 2.32. The molecule has 1 aliphatic rings. The van der Waals surface area contributed by atoms with E-state index in [-0.39, 0.29) is 11.8 Å². The van der Waals surface area contributed by atoms with Crippen LogP contribution in [0.2, 0.25) is 0 Å². The number of likely N-dealkylation sites (tertiary alicyclic amines) is 1. The van der Waals surface area contributed by atoms with Crippen molar-refractivity contribution in [3.8, 4) is 11.3 Å². The summed E-state index contributed by atoms with van der Waals surface area (Å²) in [6.07, 6.45) is 0.433. The molecule has 5 nitrogen and oxygen atoms in total. The molecule has 1 fully saturated rings. The number of halogens is 3. The first-order valence-electron chi connectivity index (χ1n) is 9.16. The van der Waals surface area contributed by atoms with Gasteiger partial charge in [-0.25, -0.2) is 4.98 Å². The van der Waals surface area contributed by atoms with Gasteiger partial charge in [0, 0.05) is 30.8 Å². The van der Waals surface area contributed by atoms with Crippen molar-refractivity contribution < 1.29 is 18.0 Å². The largest absolute Gasteiger partial charge is 0.416 e. The zero-order valence-electron chi connectivity index (χ0n) is 15.9. The minimum atomic E-state index is -4.41. The molecule has 1 atom stereocenters. The van der Waals surface area contributed by atoms with Gasteiger partial charge in [0.2, 0.25) is 5.91 Å². The van der Waals surface area contributed by atoms with E-state index in [1.54, 1.807) is 12.3 Å². The molecular weight excluding hydrogens is 369 g/mol. The summed E-state index contributed by atoms with van der Waals surface area (Å²) in [4.78, 5) is 24.8. The summed E-state index contributed by atoms with van der Waals surface area (Å²) in [6, 6.07) is 5.09. The van der Waals surface area contributed by atoms with E-state index in [4.69, 9.17) is 0 Å². The Hall–Kier alpha value is -2.48. The monoisotopic (exact) mass is 392 g/mol. The highest BCUT2D eigenvalue weighted by Gasteiger charge is 2.31. The van der Waals surface area contributed by atoms with Crippen LogP contribution in [0.4, 0.5) is 13.2 Å². The van der Waals surface area contributed by atoms with Gasteiger partial charge in [0.25, 0.3) is 0 Å². The highest BCUT2D eigenvalue weighted by atomic mass is 19.4. The Bertz CT molecular complexity index is 838. The van der Waals surface area contributed by atoms with Crippen LogP contribution >= 0.6 is 0 Å². The van der Waals surface area contributed by atoms with Crippen LogP contribution in [0.15, 0.2) is 36.7 Å². The van der Waals surface area contributed by atoms with Gasteiger partial charge in [0.15, 0.2) is 0 Å². The molecule has 28 heavy (non-hydrogen) atoms. The zero-order valence-corrected chi connectivity index (χ0v) is 15.9. The number of carbonyl (C=O) groups is 1. The Morgan fingerprint density at radius 3 is 2.79 bits per heavy atom. The van der Waals surface area contributed by atoms with Crippen LogP contribution in [0.5, 0.6) is 0 Å². The average molecular weight is 392 g/mol. The standard InChI is InChI=1S/C20H23F3N4O/c1-26(2)13-19(28)27-8-4-6-15(12-27)18-11-24-10-17(25-18)14-5-3-7-16(9-14)20(21,22)23/h3,5,7,9-11,15H,4,6,8,12-13H2,1-2H3. The fraction of sp³-hybridized carbons (Fsp3) is 0.450. The van der Waals surface area contributed by atoms with Crippen molar-refractivity contribution >= 4 is 5.91 Å². The van der Waals surface area contributed by atoms with Crippen LogP contribution in [0.25, 0.3) is 11.3 Å². The molecule has 1 aliphatic heterocycles. The van der Waals surface area contributed by atoms with Gasteiger partial charge < -0.3 is 9.80 Å². The highest BCUT2D eigenvalue weighted by molar-refractivity contribution is 5.78. The number of hydrogen-bond acceptors (Lipinski definition) is 4. The van der Waals surface area contributed by atoms with Crippen LogP contribution in [0.3, 0.4) is 0 Å². The number of hydrogen-bond donors (Lipinski definition) is 0. The molecule has 1 aromatic carbocycles. The number of piperidine rings is 1. The molecule has 2 aromatic rings. The van der Waals surface area contributed by atoms with Gasteiger partial charge in [-0.05, 0) is 39.1 Å². The molecule has 150 valence electrons. The lowest BCUT2D eigenvalue weighted by Gasteiger charge is -2.33. The summed E-state index contributed by atoms with van der Waals surface area (Å²) in [5, 5.41) is 0. The SMILES string of the molecule is CN(C)CC(=O)N1CCCC(c2cncc(-c3cccc(C(F)(F)F)c3)n2)C1. The van der Waals surface area contributed by atoms with Crippen LogP contribution in [0.1, 0.15) is 30.0 Å². The normalized spacial score (nSPS) is 17.8. The first kappa shape index (κ1) is 20.3. The van der Waals surface area contributed by atoms with Crippen molar-refractivity contribution in [2.24, 2.45) is 0 Å². The van der Waals surface area contributed by atoms with Crippen LogP contribution in [0, 0.1) is 0 Å². The predicted octanol–water partition coefficient (Wildman–Crippen LogP) is 3.43. The maximum atomic E-state index is 13.0. The van der Waals surface area contributed by atoms with Crippen molar-refractivity contribution in [3.05, 3.63) is 47.9 Å². The number of aromatic nitrogens is 2. The summed E-state index contributed by atoms with van der Waals surface area (Å²) in [5.74, 6) is 0.0924. The number of carbonyl (C=O) groups excluding carboxylic acids is 1.